The molecule has 1 aliphatic carbocycles. The molecular formula is C12H21N3O3. The van der Waals surface area contributed by atoms with E-state index in [0.29, 0.717) is 12.6 Å². The van der Waals surface area contributed by atoms with Crippen LogP contribution in [0.4, 0.5) is 4.79 Å². The molecule has 0 bridgehead atoms. The molecule has 0 aromatic carbocycles. The third kappa shape index (κ3) is 3.13. The average molecular weight is 255 g/mol. The molecule has 0 aromatic rings. The third-order valence-electron chi connectivity index (χ3n) is 3.91. The molecule has 0 aromatic heterocycles. The van der Waals surface area contributed by atoms with Gasteiger partial charge in [-0.25, -0.2) is 4.79 Å². The van der Waals surface area contributed by atoms with Crippen molar-refractivity contribution in [1.82, 2.24) is 15.1 Å². The van der Waals surface area contributed by atoms with Crippen LogP contribution in [0.15, 0.2) is 0 Å². The summed E-state index contributed by atoms with van der Waals surface area (Å²) in [5, 5.41) is 11.2. The minimum atomic E-state index is -0.950. The smallest absolute Gasteiger partial charge is 0.404 e. The van der Waals surface area contributed by atoms with Gasteiger partial charge in [0.15, 0.2) is 0 Å². The Morgan fingerprint density at radius 3 is 2.50 bits per heavy atom. The van der Waals surface area contributed by atoms with Crippen molar-refractivity contribution in [1.29, 1.82) is 0 Å². The molecule has 2 amide bonds. The molecule has 2 rings (SSSR count). The maximum absolute atomic E-state index is 11.9. The van der Waals surface area contributed by atoms with Crippen molar-refractivity contribution in [2.75, 3.05) is 26.7 Å². The lowest BCUT2D eigenvalue weighted by Crippen LogP contribution is -2.54. The van der Waals surface area contributed by atoms with Crippen LogP contribution in [-0.4, -0.2) is 65.7 Å². The topological polar surface area (TPSA) is 72.9 Å². The molecule has 2 N–H and O–H groups in total. The first-order valence-electron chi connectivity index (χ1n) is 6.53. The number of rotatable bonds is 2. The second-order valence-electron chi connectivity index (χ2n) is 5.28. The van der Waals surface area contributed by atoms with E-state index in [2.05, 4.69) is 5.32 Å². The van der Waals surface area contributed by atoms with Crippen LogP contribution in [0, 0.1) is 0 Å². The summed E-state index contributed by atoms with van der Waals surface area (Å²) in [6, 6.07) is 0.361. The average Bonchev–Trinajstić information content (AvgIpc) is 2.30. The fourth-order valence-corrected chi connectivity index (χ4v) is 2.90. The van der Waals surface area contributed by atoms with Crippen LogP contribution in [0.2, 0.25) is 0 Å². The van der Waals surface area contributed by atoms with Crippen molar-refractivity contribution in [3.8, 4) is 0 Å². The summed E-state index contributed by atoms with van der Waals surface area (Å²) in [5.74, 6) is 0.207. The van der Waals surface area contributed by atoms with Crippen molar-refractivity contribution in [3.05, 3.63) is 0 Å². The Balaban J connectivity index is 1.82. The number of carbonyl (C=O) groups excluding carboxylic acids is 1. The lowest BCUT2D eigenvalue weighted by Gasteiger charge is -2.40. The van der Waals surface area contributed by atoms with Gasteiger partial charge in [0.05, 0.1) is 6.54 Å². The van der Waals surface area contributed by atoms with Crippen LogP contribution in [0.5, 0.6) is 0 Å². The van der Waals surface area contributed by atoms with Gasteiger partial charge in [0.25, 0.3) is 0 Å². The highest BCUT2D eigenvalue weighted by molar-refractivity contribution is 5.79. The first-order chi connectivity index (χ1) is 8.56. The summed E-state index contributed by atoms with van der Waals surface area (Å²) in [4.78, 5) is 26.5. The van der Waals surface area contributed by atoms with Crippen LogP contribution in [-0.2, 0) is 4.79 Å². The summed E-state index contributed by atoms with van der Waals surface area (Å²) >= 11 is 0. The van der Waals surface area contributed by atoms with Gasteiger partial charge in [0, 0.05) is 25.2 Å². The summed E-state index contributed by atoms with van der Waals surface area (Å²) in [7, 11) is 1.96. The molecule has 2 aliphatic rings. The summed E-state index contributed by atoms with van der Waals surface area (Å²) in [6.45, 7) is 2.24. The zero-order valence-corrected chi connectivity index (χ0v) is 10.8. The van der Waals surface area contributed by atoms with Gasteiger partial charge in [0.2, 0.25) is 5.91 Å². The number of piperazine rings is 1. The second-order valence-corrected chi connectivity index (χ2v) is 5.28. The van der Waals surface area contributed by atoms with Gasteiger partial charge in [-0.2, -0.15) is 0 Å². The van der Waals surface area contributed by atoms with Gasteiger partial charge >= 0.3 is 6.09 Å². The molecule has 2 fully saturated rings. The number of carbonyl (C=O) groups is 2. The molecule has 6 heteroatoms. The summed E-state index contributed by atoms with van der Waals surface area (Å²) < 4.78 is 0. The predicted octanol–water partition coefficient (Wildman–Crippen LogP) is 0.339. The molecule has 6 nitrogen and oxygen atoms in total. The molecule has 0 spiro atoms. The Bertz CT molecular complexity index is 327. The Morgan fingerprint density at radius 1 is 1.28 bits per heavy atom. The Morgan fingerprint density at radius 2 is 1.94 bits per heavy atom. The van der Waals surface area contributed by atoms with E-state index in [9.17, 15) is 9.59 Å². The number of nitrogens with one attached hydrogen (secondary N) is 1. The number of hydrogen-bond acceptors (Lipinski definition) is 3. The zero-order chi connectivity index (χ0) is 13.1. The van der Waals surface area contributed by atoms with Crippen LogP contribution in [0.25, 0.3) is 0 Å². The van der Waals surface area contributed by atoms with Crippen LogP contribution in [0.1, 0.15) is 25.7 Å². The zero-order valence-electron chi connectivity index (χ0n) is 10.8. The quantitative estimate of drug-likeness (QED) is 0.746. The van der Waals surface area contributed by atoms with Crippen LogP contribution in [0.3, 0.4) is 0 Å². The number of hydrogen-bond donors (Lipinski definition) is 2. The molecule has 18 heavy (non-hydrogen) atoms. The van der Waals surface area contributed by atoms with Gasteiger partial charge in [0.1, 0.15) is 0 Å². The van der Waals surface area contributed by atoms with Gasteiger partial charge in [-0.3, -0.25) is 9.69 Å². The van der Waals surface area contributed by atoms with E-state index in [0.717, 1.165) is 38.8 Å². The molecule has 0 unspecified atom stereocenters. The minimum Gasteiger partial charge on any atom is -0.465 e. The Labute approximate surface area is 107 Å². The lowest BCUT2D eigenvalue weighted by molar-refractivity contribution is -0.138. The molecule has 1 saturated heterocycles. The highest BCUT2D eigenvalue weighted by atomic mass is 16.4. The summed E-state index contributed by atoms with van der Waals surface area (Å²) in [6.07, 6.45) is 2.52. The van der Waals surface area contributed by atoms with E-state index in [-0.39, 0.29) is 11.9 Å². The largest absolute Gasteiger partial charge is 0.465 e. The highest BCUT2D eigenvalue weighted by Crippen LogP contribution is 2.24. The Kier molecular flexibility index (Phi) is 4.06. The van der Waals surface area contributed by atoms with Crippen molar-refractivity contribution < 1.29 is 14.7 Å². The van der Waals surface area contributed by atoms with Gasteiger partial charge in [-0.05, 0) is 32.7 Å². The van der Waals surface area contributed by atoms with E-state index < -0.39 is 6.09 Å². The second kappa shape index (κ2) is 5.56. The number of likely N-dealkylation sites (N-methyl/N-ethyl adjacent to an activating group) is 1. The first kappa shape index (κ1) is 13.1. The van der Waals surface area contributed by atoms with E-state index in [4.69, 9.17) is 5.11 Å². The Hall–Kier alpha value is -1.30. The van der Waals surface area contributed by atoms with Crippen LogP contribution < -0.4 is 5.32 Å². The standard InChI is InChI=1S/C12H21N3O3/c1-14-6-7-15(11(16)8-14)10-4-2-9(3-5-10)13-12(17)18/h9-10,13H,2-8H2,1H3,(H,17,18)/t9-,10-. The van der Waals surface area contributed by atoms with Crippen molar-refractivity contribution in [3.63, 3.8) is 0 Å². The maximum Gasteiger partial charge on any atom is 0.404 e. The van der Waals surface area contributed by atoms with E-state index >= 15 is 0 Å². The number of nitrogens with zero attached hydrogens (tertiary/aromatic N) is 2. The van der Waals surface area contributed by atoms with Gasteiger partial charge in [-0.1, -0.05) is 0 Å². The molecule has 102 valence electrons. The van der Waals surface area contributed by atoms with E-state index in [1.54, 1.807) is 0 Å². The molecule has 1 saturated carbocycles. The van der Waals surface area contributed by atoms with Crippen molar-refractivity contribution in [2.24, 2.45) is 0 Å². The fraction of sp³-hybridized carbons (Fsp3) is 0.833. The normalized spacial score (nSPS) is 30.3. The maximum atomic E-state index is 11.9. The molecule has 1 aliphatic heterocycles. The predicted molar refractivity (Wildman–Crippen MR) is 66.4 cm³/mol. The van der Waals surface area contributed by atoms with Crippen molar-refractivity contribution in [2.45, 2.75) is 37.8 Å². The molecule has 1 heterocycles. The molecule has 0 atom stereocenters. The van der Waals surface area contributed by atoms with E-state index in [1.165, 1.54) is 0 Å². The molecule has 0 radical (unpaired) electrons. The van der Waals surface area contributed by atoms with Gasteiger partial charge in [-0.15, -0.1) is 0 Å². The van der Waals surface area contributed by atoms with Crippen molar-refractivity contribution >= 4 is 12.0 Å². The first-order valence-corrected chi connectivity index (χ1v) is 6.53. The minimum absolute atomic E-state index is 0.0568. The highest BCUT2D eigenvalue weighted by Gasteiger charge is 2.31. The van der Waals surface area contributed by atoms with Gasteiger partial charge < -0.3 is 15.3 Å². The number of amides is 2. The fourth-order valence-electron chi connectivity index (χ4n) is 2.90. The number of carboxylic acid groups (broad SMARTS) is 1. The van der Waals surface area contributed by atoms with Crippen LogP contribution >= 0.6 is 0 Å². The monoisotopic (exact) mass is 255 g/mol. The SMILES string of the molecule is CN1CCN([C@H]2CC[C@H](NC(=O)O)CC2)C(=O)C1. The lowest BCUT2D eigenvalue weighted by atomic mass is 9.90. The third-order valence-corrected chi connectivity index (χ3v) is 3.91. The molecular weight excluding hydrogens is 234 g/mol. The van der Waals surface area contributed by atoms with E-state index in [1.807, 2.05) is 16.8 Å². The summed E-state index contributed by atoms with van der Waals surface area (Å²) in [5.41, 5.74) is 0.